The fraction of sp³-hybridized carbons (Fsp3) is 0. The Kier molecular flexibility index (Phi) is 12.5. The molecule has 3 heterocycles. The van der Waals surface area contributed by atoms with E-state index in [2.05, 4.69) is 370 Å². The van der Waals surface area contributed by atoms with Crippen molar-refractivity contribution in [3.63, 3.8) is 0 Å². The summed E-state index contributed by atoms with van der Waals surface area (Å²) < 4.78 is 7.16. The highest BCUT2D eigenvalue weighted by Crippen LogP contribution is 2.45. The molecule has 0 spiro atoms. The Morgan fingerprint density at radius 1 is 0.174 bits per heavy atom. The van der Waals surface area contributed by atoms with Crippen molar-refractivity contribution in [3.8, 4) is 72.7 Å². The number of benzene rings is 15. The van der Waals surface area contributed by atoms with E-state index in [1.807, 2.05) is 0 Å². The molecule has 92 heavy (non-hydrogen) atoms. The zero-order valence-corrected chi connectivity index (χ0v) is 50.3. The van der Waals surface area contributed by atoms with Crippen LogP contribution < -0.4 is 4.90 Å². The summed E-state index contributed by atoms with van der Waals surface area (Å²) in [6, 6.07) is 129. The van der Waals surface area contributed by atoms with Crippen LogP contribution in [0.4, 0.5) is 17.1 Å². The lowest BCUT2D eigenvalue weighted by molar-refractivity contribution is 1.18. The van der Waals surface area contributed by atoms with Crippen molar-refractivity contribution in [1.29, 1.82) is 0 Å². The quantitative estimate of drug-likeness (QED) is 0.126. The van der Waals surface area contributed by atoms with E-state index in [4.69, 9.17) is 0 Å². The first-order valence-electron chi connectivity index (χ1n) is 31.6. The second-order valence-corrected chi connectivity index (χ2v) is 24.0. The second kappa shape index (κ2) is 21.8. The molecule has 18 aromatic rings. The smallest absolute Gasteiger partial charge is 0.0547 e. The van der Waals surface area contributed by atoms with E-state index in [0.29, 0.717) is 0 Å². The summed E-state index contributed by atoms with van der Waals surface area (Å²) in [7, 11) is 0. The van der Waals surface area contributed by atoms with Gasteiger partial charge in [0.05, 0.1) is 38.8 Å². The molecule has 0 saturated carbocycles. The van der Waals surface area contributed by atoms with Gasteiger partial charge in [0.1, 0.15) is 0 Å². The molecule has 0 fully saturated rings. The van der Waals surface area contributed by atoms with Crippen LogP contribution in [0.2, 0.25) is 0 Å². The number of fused-ring (bicyclic) bond motifs is 10. The van der Waals surface area contributed by atoms with Crippen LogP contribution >= 0.6 is 0 Å². The van der Waals surface area contributed by atoms with Crippen LogP contribution in [-0.4, -0.2) is 13.7 Å². The first-order chi connectivity index (χ1) is 45.6. The van der Waals surface area contributed by atoms with Gasteiger partial charge in [-0.15, -0.1) is 0 Å². The standard InChI is InChI=1S/C88H58N4/c1-4-18-68(19-5-1)90-84-31-17-14-28-78(84)81-56-67(46-54-86(81)90)73-53-55-85(75-25-11-10-24-74(73)75)89(71-47-40-61(41-48-71)59-32-36-63(37-33-59)65-44-51-79-76-26-12-15-29-82(76)91(87(79)57-65)69-20-6-2-7-21-69)72-49-42-62(43-50-72)60-34-38-64(39-35-60)66-45-52-80-77-27-13-16-30-83(77)92(88(80)58-66)70-22-8-3-9-23-70/h1-58H. The van der Waals surface area contributed by atoms with Crippen LogP contribution in [0.3, 0.4) is 0 Å². The van der Waals surface area contributed by atoms with E-state index in [1.54, 1.807) is 0 Å². The van der Waals surface area contributed by atoms with E-state index in [0.717, 1.165) is 56.4 Å². The maximum absolute atomic E-state index is 2.43. The SMILES string of the molecule is c1ccc(-n2c3ccccc3c3cc(-c4ccc(N(c5ccc(-c6ccc(-c7ccc8c9ccccc9n(-c9ccccc9)c8c7)cc6)cc5)c5ccc(-c6ccc(-c7ccc8c9ccccc9n(-c9ccccc9)c8c7)cc6)cc5)c5ccccc45)ccc32)cc1. The molecule has 0 N–H and O–H groups in total. The Morgan fingerprint density at radius 3 is 0.913 bits per heavy atom. The number of hydrogen-bond donors (Lipinski definition) is 0. The summed E-state index contributed by atoms with van der Waals surface area (Å²) in [5, 5.41) is 9.84. The molecule has 3 aromatic heterocycles. The van der Waals surface area contributed by atoms with Crippen molar-refractivity contribution in [2.45, 2.75) is 0 Å². The Labute approximate surface area is 533 Å². The van der Waals surface area contributed by atoms with Crippen LogP contribution in [0.15, 0.2) is 352 Å². The highest BCUT2D eigenvalue weighted by atomic mass is 15.1. The molecule has 0 unspecified atom stereocenters. The van der Waals surface area contributed by atoms with Gasteiger partial charge >= 0.3 is 0 Å². The normalized spacial score (nSPS) is 11.7. The average molecular weight is 1170 g/mol. The van der Waals surface area contributed by atoms with Crippen LogP contribution in [0.25, 0.3) is 149 Å². The fourth-order valence-corrected chi connectivity index (χ4v) is 14.5. The van der Waals surface area contributed by atoms with E-state index in [9.17, 15) is 0 Å². The van der Waals surface area contributed by atoms with Crippen LogP contribution in [0.5, 0.6) is 0 Å². The van der Waals surface area contributed by atoms with Crippen molar-refractivity contribution in [2.24, 2.45) is 0 Å². The van der Waals surface area contributed by atoms with Gasteiger partial charge in [-0.1, -0.05) is 243 Å². The molecule has 0 aliphatic carbocycles. The Hall–Kier alpha value is -12.2. The maximum atomic E-state index is 2.43. The minimum absolute atomic E-state index is 1.07. The summed E-state index contributed by atoms with van der Waals surface area (Å²) in [4.78, 5) is 2.43. The molecule has 0 amide bonds. The summed E-state index contributed by atoms with van der Waals surface area (Å²) in [5.74, 6) is 0. The number of para-hydroxylation sites is 6. The van der Waals surface area contributed by atoms with Gasteiger partial charge in [-0.05, 0) is 170 Å². The van der Waals surface area contributed by atoms with Gasteiger partial charge in [0.15, 0.2) is 0 Å². The monoisotopic (exact) mass is 1170 g/mol. The average Bonchev–Trinajstić information content (AvgIpc) is 1.66. The maximum Gasteiger partial charge on any atom is 0.0547 e. The Morgan fingerprint density at radius 2 is 0.478 bits per heavy atom. The molecule has 430 valence electrons. The molecule has 18 rings (SSSR count). The van der Waals surface area contributed by atoms with Gasteiger partial charge in [0, 0.05) is 66.1 Å². The van der Waals surface area contributed by atoms with Gasteiger partial charge < -0.3 is 18.6 Å². The summed E-state index contributed by atoms with van der Waals surface area (Å²) in [6.07, 6.45) is 0. The lowest BCUT2D eigenvalue weighted by Crippen LogP contribution is -2.10. The number of aromatic nitrogens is 3. The zero-order valence-electron chi connectivity index (χ0n) is 50.3. The molecule has 0 radical (unpaired) electrons. The van der Waals surface area contributed by atoms with E-state index in [-0.39, 0.29) is 0 Å². The van der Waals surface area contributed by atoms with Crippen molar-refractivity contribution >= 4 is 93.3 Å². The number of nitrogens with zero attached hydrogens (tertiary/aromatic N) is 4. The van der Waals surface area contributed by atoms with Crippen molar-refractivity contribution in [2.75, 3.05) is 4.90 Å². The molecule has 4 nitrogen and oxygen atoms in total. The number of rotatable bonds is 11. The molecule has 0 saturated heterocycles. The third-order valence-electron chi connectivity index (χ3n) is 18.9. The van der Waals surface area contributed by atoms with Crippen molar-refractivity contribution in [1.82, 2.24) is 13.7 Å². The third kappa shape index (κ3) is 8.83. The van der Waals surface area contributed by atoms with Crippen LogP contribution in [-0.2, 0) is 0 Å². The molecular formula is C88H58N4. The van der Waals surface area contributed by atoms with Gasteiger partial charge in [-0.3, -0.25) is 0 Å². The van der Waals surface area contributed by atoms with Gasteiger partial charge in [-0.2, -0.15) is 0 Å². The van der Waals surface area contributed by atoms with Gasteiger partial charge in [0.2, 0.25) is 0 Å². The van der Waals surface area contributed by atoms with Crippen LogP contribution in [0, 0.1) is 0 Å². The van der Waals surface area contributed by atoms with E-state index >= 15 is 0 Å². The summed E-state index contributed by atoms with van der Waals surface area (Å²) >= 11 is 0. The van der Waals surface area contributed by atoms with E-state index in [1.165, 1.54) is 110 Å². The predicted octanol–water partition coefficient (Wildman–Crippen LogP) is 23.9. The highest BCUT2D eigenvalue weighted by Gasteiger charge is 2.21. The Bertz CT molecular complexity index is 5580. The predicted molar refractivity (Wildman–Crippen MR) is 389 cm³/mol. The number of anilines is 3. The highest BCUT2D eigenvalue weighted by molar-refractivity contribution is 6.14. The fourth-order valence-electron chi connectivity index (χ4n) is 14.5. The lowest BCUT2D eigenvalue weighted by atomic mass is 9.95. The van der Waals surface area contributed by atoms with Crippen molar-refractivity contribution < 1.29 is 0 Å². The third-order valence-corrected chi connectivity index (χ3v) is 18.9. The summed E-state index contributed by atoms with van der Waals surface area (Å²) in [5.41, 5.74) is 25.6. The Balaban J connectivity index is 0.704. The first kappa shape index (κ1) is 52.8. The minimum Gasteiger partial charge on any atom is -0.310 e. The number of hydrogen-bond acceptors (Lipinski definition) is 1. The largest absolute Gasteiger partial charge is 0.310 e. The molecule has 4 heteroatoms. The molecule has 0 aliphatic heterocycles. The van der Waals surface area contributed by atoms with Gasteiger partial charge in [-0.25, -0.2) is 0 Å². The van der Waals surface area contributed by atoms with E-state index < -0.39 is 0 Å². The zero-order chi connectivity index (χ0) is 60.6. The minimum atomic E-state index is 1.07. The molecule has 0 atom stereocenters. The van der Waals surface area contributed by atoms with Crippen LogP contribution in [0.1, 0.15) is 0 Å². The second-order valence-electron chi connectivity index (χ2n) is 24.0. The lowest BCUT2D eigenvalue weighted by Gasteiger charge is -2.28. The molecule has 0 bridgehead atoms. The first-order valence-corrected chi connectivity index (χ1v) is 31.6. The molecule has 15 aromatic carbocycles. The topological polar surface area (TPSA) is 18.0 Å². The molecule has 0 aliphatic rings. The van der Waals surface area contributed by atoms with Gasteiger partial charge in [0.25, 0.3) is 0 Å². The molecular weight excluding hydrogens is 1110 g/mol. The summed E-state index contributed by atoms with van der Waals surface area (Å²) in [6.45, 7) is 0. The van der Waals surface area contributed by atoms with Crippen molar-refractivity contribution in [3.05, 3.63) is 352 Å².